The molecule has 6 rings (SSSR count). The van der Waals surface area contributed by atoms with Crippen molar-refractivity contribution in [3.63, 3.8) is 0 Å². The summed E-state index contributed by atoms with van der Waals surface area (Å²) in [5.41, 5.74) is 4.61. The van der Waals surface area contributed by atoms with Crippen molar-refractivity contribution in [2.24, 2.45) is 0 Å². The van der Waals surface area contributed by atoms with Crippen molar-refractivity contribution in [1.82, 2.24) is 4.90 Å². The van der Waals surface area contributed by atoms with E-state index in [9.17, 15) is 9.90 Å². The molecule has 0 spiro atoms. The van der Waals surface area contributed by atoms with Crippen LogP contribution in [-0.2, 0) is 16.1 Å². The quantitative estimate of drug-likeness (QED) is 0.537. The Kier molecular flexibility index (Phi) is 5.26. The molecule has 4 aliphatic rings. The normalized spacial score (nSPS) is 26.6. The van der Waals surface area contributed by atoms with Crippen molar-refractivity contribution in [1.29, 1.82) is 0 Å². The van der Waals surface area contributed by atoms with Crippen molar-refractivity contribution in [2.45, 2.75) is 56.9 Å². The first-order valence-corrected chi connectivity index (χ1v) is 12.0. The van der Waals surface area contributed by atoms with E-state index in [0.717, 1.165) is 36.4 Å². The van der Waals surface area contributed by atoms with Crippen LogP contribution in [0.25, 0.3) is 0 Å². The number of hydrogen-bond acceptors (Lipinski definition) is 7. The number of nitrogens with zero attached hydrogens (tertiary/aromatic N) is 1. The van der Waals surface area contributed by atoms with E-state index < -0.39 is 18.2 Å². The minimum absolute atomic E-state index is 0.110. The Morgan fingerprint density at radius 3 is 2.71 bits per heavy atom. The highest BCUT2D eigenvalue weighted by atomic mass is 16.7. The lowest BCUT2D eigenvalue weighted by molar-refractivity contribution is -0.159. The topological polar surface area (TPSA) is 77.5 Å². The second-order valence-electron chi connectivity index (χ2n) is 9.79. The molecule has 0 radical (unpaired) electrons. The maximum absolute atomic E-state index is 12.8. The summed E-state index contributed by atoms with van der Waals surface area (Å²) in [6, 6.07) is 11.9. The number of ether oxygens (including phenoxy) is 4. The van der Waals surface area contributed by atoms with E-state index >= 15 is 0 Å². The largest absolute Gasteiger partial charge is 0.482 e. The minimum atomic E-state index is -0.873. The Labute approximate surface area is 198 Å². The first-order valence-electron chi connectivity index (χ1n) is 12.0. The molecule has 1 aliphatic carbocycles. The lowest BCUT2D eigenvalue weighted by atomic mass is 9.73. The van der Waals surface area contributed by atoms with Crippen LogP contribution in [0.3, 0.4) is 0 Å². The SMILES string of the molecule is CC(C)c1ccc(OCC(=O)OC2C(O)C=C3CCN4Cc5cc6c(cc5C2C34)OCO6)cc1. The second-order valence-corrected chi connectivity index (χ2v) is 9.79. The van der Waals surface area contributed by atoms with Crippen molar-refractivity contribution >= 4 is 5.97 Å². The lowest BCUT2D eigenvalue weighted by Crippen LogP contribution is -2.51. The molecule has 34 heavy (non-hydrogen) atoms. The summed E-state index contributed by atoms with van der Waals surface area (Å²) in [4.78, 5) is 15.2. The van der Waals surface area contributed by atoms with Crippen LogP contribution < -0.4 is 14.2 Å². The summed E-state index contributed by atoms with van der Waals surface area (Å²) in [6.45, 7) is 5.98. The van der Waals surface area contributed by atoms with Crippen LogP contribution in [0.5, 0.6) is 17.2 Å². The molecule has 178 valence electrons. The third-order valence-corrected chi connectivity index (χ3v) is 7.41. The van der Waals surface area contributed by atoms with Crippen LogP contribution in [0.15, 0.2) is 48.0 Å². The maximum atomic E-state index is 12.8. The molecule has 1 N–H and O–H groups in total. The molecule has 0 aromatic heterocycles. The molecule has 4 unspecified atom stereocenters. The second kappa shape index (κ2) is 8.32. The lowest BCUT2D eigenvalue weighted by Gasteiger charge is -2.45. The molecule has 0 saturated carbocycles. The van der Waals surface area contributed by atoms with Gasteiger partial charge in [-0.25, -0.2) is 4.79 Å². The van der Waals surface area contributed by atoms with Crippen molar-refractivity contribution < 1.29 is 28.8 Å². The average Bonchev–Trinajstić information content (AvgIpc) is 3.45. The molecule has 0 bridgehead atoms. The molecule has 1 saturated heterocycles. The van der Waals surface area contributed by atoms with E-state index in [2.05, 4.69) is 18.7 Å². The van der Waals surface area contributed by atoms with Crippen LogP contribution in [0.1, 0.15) is 48.8 Å². The third kappa shape index (κ3) is 3.63. The van der Waals surface area contributed by atoms with E-state index in [1.807, 2.05) is 42.5 Å². The number of carbonyl (C=O) groups is 1. The van der Waals surface area contributed by atoms with Crippen LogP contribution in [0, 0.1) is 0 Å². The fraction of sp³-hybridized carbons (Fsp3) is 0.444. The maximum Gasteiger partial charge on any atom is 0.344 e. The molecule has 1 fully saturated rings. The van der Waals surface area contributed by atoms with Gasteiger partial charge >= 0.3 is 5.97 Å². The summed E-state index contributed by atoms with van der Waals surface area (Å²) in [7, 11) is 0. The fourth-order valence-electron chi connectivity index (χ4n) is 5.75. The number of esters is 1. The number of aliphatic hydroxyl groups is 1. The van der Waals surface area contributed by atoms with Gasteiger partial charge in [-0.05, 0) is 53.3 Å². The summed E-state index contributed by atoms with van der Waals surface area (Å²) in [5.74, 6) is 1.82. The number of fused-ring (bicyclic) bond motifs is 3. The fourth-order valence-corrected chi connectivity index (χ4v) is 5.75. The summed E-state index contributed by atoms with van der Waals surface area (Å²) >= 11 is 0. The standard InChI is InChI=1S/C27H29NO6/c1-15(2)16-3-5-19(6-4-16)31-13-24(30)34-27-21(29)9-17-7-8-28-12-18-10-22-23(33-14-32-22)11-20(18)25(27)26(17)28/h3-6,9-11,15,21,25-27,29H,7-8,12-14H2,1-2H3. The van der Waals surface area contributed by atoms with Crippen LogP contribution in [-0.4, -0.2) is 54.2 Å². The Balaban J connectivity index is 1.23. The van der Waals surface area contributed by atoms with Gasteiger partial charge in [0.15, 0.2) is 18.1 Å². The molecule has 0 amide bonds. The van der Waals surface area contributed by atoms with Gasteiger partial charge < -0.3 is 24.1 Å². The molecule has 7 heteroatoms. The van der Waals surface area contributed by atoms with E-state index in [-0.39, 0.29) is 25.4 Å². The molecule has 3 heterocycles. The first kappa shape index (κ1) is 21.5. The molecule has 7 nitrogen and oxygen atoms in total. The van der Waals surface area contributed by atoms with Crippen LogP contribution >= 0.6 is 0 Å². The van der Waals surface area contributed by atoms with Gasteiger partial charge in [-0.15, -0.1) is 0 Å². The Hall–Kier alpha value is -3.03. The van der Waals surface area contributed by atoms with E-state index in [1.165, 1.54) is 11.1 Å². The van der Waals surface area contributed by atoms with E-state index in [4.69, 9.17) is 18.9 Å². The van der Waals surface area contributed by atoms with Gasteiger partial charge in [-0.1, -0.05) is 37.6 Å². The molecule has 4 atom stereocenters. The summed E-state index contributed by atoms with van der Waals surface area (Å²) in [5, 5.41) is 11.0. The van der Waals surface area contributed by atoms with Gasteiger partial charge in [0.1, 0.15) is 18.0 Å². The van der Waals surface area contributed by atoms with Gasteiger partial charge in [0, 0.05) is 25.0 Å². The molecule has 2 aromatic rings. The highest BCUT2D eigenvalue weighted by Crippen LogP contribution is 2.50. The van der Waals surface area contributed by atoms with Crippen molar-refractivity contribution in [2.75, 3.05) is 19.9 Å². The number of rotatable bonds is 5. The molecule has 3 aliphatic heterocycles. The smallest absolute Gasteiger partial charge is 0.344 e. The van der Waals surface area contributed by atoms with Gasteiger partial charge in [0.25, 0.3) is 0 Å². The first-order chi connectivity index (χ1) is 16.5. The summed E-state index contributed by atoms with van der Waals surface area (Å²) in [6.07, 6.45) is 1.22. The van der Waals surface area contributed by atoms with E-state index in [0.29, 0.717) is 17.4 Å². The average molecular weight is 464 g/mol. The van der Waals surface area contributed by atoms with Crippen molar-refractivity contribution in [3.8, 4) is 17.2 Å². The Morgan fingerprint density at radius 2 is 1.94 bits per heavy atom. The molecular formula is C27H29NO6. The number of hydrogen-bond donors (Lipinski definition) is 1. The zero-order valence-corrected chi connectivity index (χ0v) is 19.4. The van der Waals surface area contributed by atoms with Crippen LogP contribution in [0.2, 0.25) is 0 Å². The predicted octanol–water partition coefficient (Wildman–Crippen LogP) is 3.50. The van der Waals surface area contributed by atoms with Gasteiger partial charge in [0.05, 0.1) is 0 Å². The number of carbonyl (C=O) groups excluding carboxylic acids is 1. The van der Waals surface area contributed by atoms with Crippen LogP contribution in [0.4, 0.5) is 0 Å². The zero-order valence-electron chi connectivity index (χ0n) is 19.4. The van der Waals surface area contributed by atoms with Crippen molar-refractivity contribution in [3.05, 3.63) is 64.7 Å². The summed E-state index contributed by atoms with van der Waals surface area (Å²) < 4.78 is 22.8. The third-order valence-electron chi connectivity index (χ3n) is 7.41. The van der Waals surface area contributed by atoms with Gasteiger partial charge in [-0.2, -0.15) is 0 Å². The molecular weight excluding hydrogens is 434 g/mol. The highest BCUT2D eigenvalue weighted by Gasteiger charge is 2.50. The van der Waals surface area contributed by atoms with Gasteiger partial charge in [-0.3, -0.25) is 4.90 Å². The monoisotopic (exact) mass is 463 g/mol. The highest BCUT2D eigenvalue weighted by molar-refractivity contribution is 5.71. The van der Waals surface area contributed by atoms with Gasteiger partial charge in [0.2, 0.25) is 6.79 Å². The molecule has 2 aromatic carbocycles. The predicted molar refractivity (Wildman–Crippen MR) is 124 cm³/mol. The Morgan fingerprint density at radius 1 is 1.18 bits per heavy atom. The number of aliphatic hydroxyl groups excluding tert-OH is 1. The Bertz CT molecular complexity index is 1140. The zero-order chi connectivity index (χ0) is 23.4. The minimum Gasteiger partial charge on any atom is -0.482 e. The van der Waals surface area contributed by atoms with E-state index in [1.54, 1.807) is 0 Å². The number of benzene rings is 2.